The third kappa shape index (κ3) is 1.56. The molecule has 6 heteroatoms. The molecule has 0 aliphatic carbocycles. The normalized spacial score (nSPS) is 18.7. The van der Waals surface area contributed by atoms with Crippen LogP contribution >= 0.6 is 8.86 Å². The maximum atomic E-state index is 11.9. The van der Waals surface area contributed by atoms with Gasteiger partial charge in [0.2, 0.25) is 0 Å². The number of ether oxygens (including phenoxy) is 1. The predicted molar refractivity (Wildman–Crippen MR) is 63.6 cm³/mol. The molecular weight excluding hydrogens is 237 g/mol. The predicted octanol–water partition coefficient (Wildman–Crippen LogP) is 1.17. The molecule has 1 unspecified atom stereocenters. The molecule has 3 rings (SSSR count). The van der Waals surface area contributed by atoms with E-state index in [1.807, 2.05) is 18.2 Å². The molecule has 1 aromatic carbocycles. The molecule has 1 atom stereocenters. The second-order valence-corrected chi connectivity index (χ2v) is 4.20. The lowest BCUT2D eigenvalue weighted by atomic mass is 9.93. The molecule has 1 N–H and O–H groups in total. The van der Waals surface area contributed by atoms with Gasteiger partial charge in [0.25, 0.3) is 0 Å². The smallest absolute Gasteiger partial charge is 0.325 e. The Labute approximate surface area is 99.0 Å². The van der Waals surface area contributed by atoms with Crippen LogP contribution in [0.3, 0.4) is 0 Å². The van der Waals surface area contributed by atoms with Crippen molar-refractivity contribution in [2.75, 3.05) is 0 Å². The molecule has 0 saturated heterocycles. The molecule has 2 aromatic rings. The molecule has 0 saturated carbocycles. The lowest BCUT2D eigenvalue weighted by Gasteiger charge is -2.23. The van der Waals surface area contributed by atoms with Gasteiger partial charge in [-0.1, -0.05) is 18.2 Å². The van der Waals surface area contributed by atoms with Crippen molar-refractivity contribution < 1.29 is 9.53 Å². The topological polar surface area (TPSA) is 67.9 Å². The Morgan fingerprint density at radius 2 is 2.18 bits per heavy atom. The number of benzene rings is 1. The van der Waals surface area contributed by atoms with Crippen LogP contribution < -0.4 is 4.74 Å². The lowest BCUT2D eigenvalue weighted by Crippen LogP contribution is -2.31. The fourth-order valence-corrected chi connectivity index (χ4v) is 2.31. The first-order valence-corrected chi connectivity index (χ1v) is 5.52. The van der Waals surface area contributed by atoms with Crippen LogP contribution in [0.1, 0.15) is 17.2 Å². The van der Waals surface area contributed by atoms with Crippen molar-refractivity contribution in [2.24, 2.45) is 0 Å². The molecule has 1 aliphatic heterocycles. The van der Waals surface area contributed by atoms with Crippen molar-refractivity contribution in [1.29, 1.82) is 0 Å². The van der Waals surface area contributed by atoms with Gasteiger partial charge in [0.1, 0.15) is 17.4 Å². The number of hydrogen-bond donors (Lipinski definition) is 1. The molecule has 0 radical (unpaired) electrons. The highest BCUT2D eigenvalue weighted by molar-refractivity contribution is 7.22. The van der Waals surface area contributed by atoms with Gasteiger partial charge in [-0.25, -0.2) is 0 Å². The third-order valence-electron chi connectivity index (χ3n) is 2.64. The Balaban J connectivity index is 2.10. The first kappa shape index (κ1) is 10.2. The van der Waals surface area contributed by atoms with Crippen LogP contribution in [0, 0.1) is 0 Å². The first-order chi connectivity index (χ1) is 8.27. The SMILES string of the molecule is O=C1Oc2ccccc2C(=P)C1c1cn[nH]n1. The van der Waals surface area contributed by atoms with Crippen LogP contribution in [-0.4, -0.2) is 26.7 Å². The van der Waals surface area contributed by atoms with Gasteiger partial charge in [-0.05, 0) is 6.07 Å². The van der Waals surface area contributed by atoms with Crippen LogP contribution in [0.4, 0.5) is 0 Å². The van der Waals surface area contributed by atoms with E-state index in [9.17, 15) is 4.79 Å². The standard InChI is InChI=1S/C11H8N3O2P/c15-11-9(7-5-12-14-13-7)10(17)6-3-1-2-4-8(6)16-11/h1-5,9,17H,(H,12,13,14). The van der Waals surface area contributed by atoms with Crippen LogP contribution in [0.5, 0.6) is 5.75 Å². The average Bonchev–Trinajstić information content (AvgIpc) is 2.83. The summed E-state index contributed by atoms with van der Waals surface area (Å²) in [5.41, 5.74) is 1.39. The van der Waals surface area contributed by atoms with Gasteiger partial charge in [-0.15, -0.1) is 8.86 Å². The van der Waals surface area contributed by atoms with Crippen molar-refractivity contribution >= 4 is 20.1 Å². The van der Waals surface area contributed by atoms with Gasteiger partial charge in [-0.2, -0.15) is 15.4 Å². The number of aromatic amines is 1. The van der Waals surface area contributed by atoms with Gasteiger partial charge in [-0.3, -0.25) is 4.79 Å². The molecule has 2 heterocycles. The largest absolute Gasteiger partial charge is 0.425 e. The van der Waals surface area contributed by atoms with E-state index in [0.29, 0.717) is 11.4 Å². The Bertz CT molecular complexity index is 595. The van der Waals surface area contributed by atoms with Crippen molar-refractivity contribution in [1.82, 2.24) is 15.4 Å². The van der Waals surface area contributed by atoms with E-state index < -0.39 is 5.92 Å². The van der Waals surface area contributed by atoms with Gasteiger partial charge < -0.3 is 4.74 Å². The molecule has 0 spiro atoms. The number of aromatic nitrogens is 3. The van der Waals surface area contributed by atoms with Crippen molar-refractivity contribution in [3.05, 3.63) is 41.7 Å². The van der Waals surface area contributed by atoms with Crippen LogP contribution in [0.15, 0.2) is 30.5 Å². The van der Waals surface area contributed by atoms with E-state index in [1.54, 1.807) is 6.07 Å². The van der Waals surface area contributed by atoms with Gasteiger partial charge in [0.05, 0.1) is 6.20 Å². The van der Waals surface area contributed by atoms with E-state index in [2.05, 4.69) is 24.3 Å². The van der Waals surface area contributed by atoms with E-state index in [-0.39, 0.29) is 5.97 Å². The number of carbonyl (C=O) groups excluding carboxylic acids is 1. The van der Waals surface area contributed by atoms with E-state index in [4.69, 9.17) is 4.74 Å². The maximum absolute atomic E-state index is 11.9. The minimum absolute atomic E-state index is 0.359. The highest BCUT2D eigenvalue weighted by atomic mass is 31.0. The minimum atomic E-state index is -0.555. The Hall–Kier alpha value is -2.00. The zero-order valence-electron chi connectivity index (χ0n) is 8.68. The van der Waals surface area contributed by atoms with Crippen molar-refractivity contribution in [2.45, 2.75) is 5.92 Å². The highest BCUT2D eigenvalue weighted by Crippen LogP contribution is 2.33. The molecular formula is C11H8N3O2P. The summed E-state index contributed by atoms with van der Waals surface area (Å²) >= 11 is 0. The summed E-state index contributed by atoms with van der Waals surface area (Å²) in [7, 11) is 3.51. The van der Waals surface area contributed by atoms with Crippen LogP contribution in [0.25, 0.3) is 0 Å². The summed E-state index contributed by atoms with van der Waals surface area (Å²) in [5, 5.41) is 10.9. The Morgan fingerprint density at radius 1 is 1.35 bits per heavy atom. The van der Waals surface area contributed by atoms with Crippen LogP contribution in [0.2, 0.25) is 0 Å². The number of esters is 1. The summed E-state index contributed by atoms with van der Waals surface area (Å²) in [6.45, 7) is 0. The molecule has 1 aromatic heterocycles. The van der Waals surface area contributed by atoms with E-state index >= 15 is 0 Å². The monoisotopic (exact) mass is 245 g/mol. The Morgan fingerprint density at radius 3 is 2.94 bits per heavy atom. The maximum Gasteiger partial charge on any atom is 0.325 e. The number of para-hydroxylation sites is 1. The number of nitrogens with zero attached hydrogens (tertiary/aromatic N) is 2. The summed E-state index contributed by atoms with van der Waals surface area (Å²) in [6, 6.07) is 7.35. The minimum Gasteiger partial charge on any atom is -0.425 e. The second-order valence-electron chi connectivity index (χ2n) is 3.66. The Kier molecular flexibility index (Phi) is 2.27. The zero-order valence-corrected chi connectivity index (χ0v) is 9.68. The number of H-pyrrole nitrogens is 1. The number of fused-ring (bicyclic) bond motifs is 1. The molecule has 5 nitrogen and oxygen atoms in total. The number of hydrogen-bond acceptors (Lipinski definition) is 4. The van der Waals surface area contributed by atoms with Crippen LogP contribution in [-0.2, 0) is 4.79 Å². The second kappa shape index (κ2) is 3.79. The van der Waals surface area contributed by atoms with Crippen molar-refractivity contribution in [3.63, 3.8) is 0 Å². The number of rotatable bonds is 1. The van der Waals surface area contributed by atoms with E-state index in [1.165, 1.54) is 6.20 Å². The molecule has 84 valence electrons. The summed E-state index contributed by atoms with van der Waals surface area (Å²) in [5.74, 6) is -0.356. The lowest BCUT2D eigenvalue weighted by molar-refractivity contribution is -0.134. The molecule has 17 heavy (non-hydrogen) atoms. The van der Waals surface area contributed by atoms with Gasteiger partial charge in [0, 0.05) is 10.9 Å². The molecule has 0 bridgehead atoms. The van der Waals surface area contributed by atoms with Gasteiger partial charge in [0.15, 0.2) is 0 Å². The fraction of sp³-hybridized carbons (Fsp3) is 0.0909. The summed E-state index contributed by atoms with van der Waals surface area (Å²) in [6.07, 6.45) is 1.51. The quantitative estimate of drug-likeness (QED) is 0.465. The third-order valence-corrected chi connectivity index (χ3v) is 3.20. The van der Waals surface area contributed by atoms with Gasteiger partial charge >= 0.3 is 5.97 Å². The number of nitrogens with one attached hydrogen (secondary N) is 1. The zero-order chi connectivity index (χ0) is 11.8. The molecule has 0 fully saturated rings. The average molecular weight is 245 g/mol. The first-order valence-electron chi connectivity index (χ1n) is 5.02. The number of carbonyl (C=O) groups is 1. The highest BCUT2D eigenvalue weighted by Gasteiger charge is 2.35. The molecule has 1 aliphatic rings. The van der Waals surface area contributed by atoms with Crippen molar-refractivity contribution in [3.8, 4) is 5.75 Å². The van der Waals surface area contributed by atoms with E-state index in [0.717, 1.165) is 10.9 Å². The fourth-order valence-electron chi connectivity index (χ4n) is 1.84. The summed E-state index contributed by atoms with van der Waals surface area (Å²) < 4.78 is 5.27. The summed E-state index contributed by atoms with van der Waals surface area (Å²) in [4.78, 5) is 11.9. The molecule has 0 amide bonds.